The molecular formula is C18H22N4O. The summed E-state index contributed by atoms with van der Waals surface area (Å²) in [6, 6.07) is 8.26. The minimum Gasteiger partial charge on any atom is -0.483 e. The number of nitrogens with zero attached hydrogens (tertiary/aromatic N) is 3. The third-order valence-corrected chi connectivity index (χ3v) is 4.57. The number of fused-ring (bicyclic) bond motifs is 1. The van der Waals surface area contributed by atoms with E-state index in [0.717, 1.165) is 62.7 Å². The number of aromatic nitrogens is 2. The fourth-order valence-electron chi connectivity index (χ4n) is 3.36. The molecule has 0 unspecified atom stereocenters. The Kier molecular flexibility index (Phi) is 4.11. The lowest BCUT2D eigenvalue weighted by atomic mass is 9.93. The number of nitrogens with one attached hydrogen (secondary N) is 1. The van der Waals surface area contributed by atoms with Crippen LogP contribution in [0.15, 0.2) is 36.7 Å². The van der Waals surface area contributed by atoms with Crippen LogP contribution in [0.3, 0.4) is 0 Å². The molecule has 5 nitrogen and oxygen atoms in total. The zero-order valence-electron chi connectivity index (χ0n) is 13.2. The molecule has 3 heterocycles. The predicted octanol–water partition coefficient (Wildman–Crippen LogP) is 2.34. The SMILES string of the molecule is c1cncc(O[C@@H]2CCCc3ccc(N4CCNCC4)nc32)c1. The van der Waals surface area contributed by atoms with Gasteiger partial charge in [-0.15, -0.1) is 0 Å². The van der Waals surface area contributed by atoms with E-state index in [0.29, 0.717) is 0 Å². The van der Waals surface area contributed by atoms with E-state index in [-0.39, 0.29) is 6.10 Å². The van der Waals surface area contributed by atoms with Crippen LogP contribution in [0.4, 0.5) is 5.82 Å². The van der Waals surface area contributed by atoms with Gasteiger partial charge in [-0.3, -0.25) is 4.98 Å². The number of aryl methyl sites for hydroxylation is 1. The van der Waals surface area contributed by atoms with Gasteiger partial charge in [0.2, 0.25) is 0 Å². The van der Waals surface area contributed by atoms with Crippen molar-refractivity contribution < 1.29 is 4.74 Å². The zero-order chi connectivity index (χ0) is 15.5. The Morgan fingerprint density at radius 3 is 2.91 bits per heavy atom. The number of ether oxygens (including phenoxy) is 1. The third-order valence-electron chi connectivity index (χ3n) is 4.57. The Bertz CT molecular complexity index is 655. The molecule has 4 rings (SSSR count). The molecule has 1 aliphatic carbocycles. The first-order valence-electron chi connectivity index (χ1n) is 8.42. The molecule has 0 bridgehead atoms. The summed E-state index contributed by atoms with van der Waals surface area (Å²) in [5, 5.41) is 3.39. The molecule has 120 valence electrons. The number of anilines is 1. The Labute approximate surface area is 136 Å². The summed E-state index contributed by atoms with van der Waals surface area (Å²) in [5.74, 6) is 1.90. The van der Waals surface area contributed by atoms with Crippen LogP contribution in [0.5, 0.6) is 5.75 Å². The maximum absolute atomic E-state index is 6.17. The second-order valence-electron chi connectivity index (χ2n) is 6.14. The molecule has 0 amide bonds. The normalized spacial score (nSPS) is 20.9. The van der Waals surface area contributed by atoms with E-state index in [9.17, 15) is 0 Å². The fraction of sp³-hybridized carbons (Fsp3) is 0.444. The molecule has 0 spiro atoms. The average Bonchev–Trinajstić information content (AvgIpc) is 2.63. The summed E-state index contributed by atoms with van der Waals surface area (Å²) >= 11 is 0. The van der Waals surface area contributed by atoms with E-state index in [1.165, 1.54) is 5.56 Å². The molecule has 23 heavy (non-hydrogen) atoms. The second-order valence-corrected chi connectivity index (χ2v) is 6.14. The van der Waals surface area contributed by atoms with Gasteiger partial charge in [0.15, 0.2) is 0 Å². The molecule has 2 aromatic heterocycles. The van der Waals surface area contributed by atoms with Gasteiger partial charge < -0.3 is 15.0 Å². The molecular weight excluding hydrogens is 288 g/mol. The molecule has 0 aromatic carbocycles. The monoisotopic (exact) mass is 310 g/mol. The lowest BCUT2D eigenvalue weighted by Crippen LogP contribution is -2.44. The zero-order valence-corrected chi connectivity index (χ0v) is 13.2. The van der Waals surface area contributed by atoms with Crippen molar-refractivity contribution in [3.05, 3.63) is 47.9 Å². The van der Waals surface area contributed by atoms with Gasteiger partial charge in [0.1, 0.15) is 17.7 Å². The van der Waals surface area contributed by atoms with Crippen LogP contribution >= 0.6 is 0 Å². The molecule has 1 atom stereocenters. The van der Waals surface area contributed by atoms with Crippen molar-refractivity contribution in [3.63, 3.8) is 0 Å². The Hall–Kier alpha value is -2.14. The first-order valence-corrected chi connectivity index (χ1v) is 8.42. The van der Waals surface area contributed by atoms with E-state index in [1.54, 1.807) is 12.4 Å². The average molecular weight is 310 g/mol. The molecule has 1 fully saturated rings. The Morgan fingerprint density at radius 1 is 1.17 bits per heavy atom. The maximum atomic E-state index is 6.17. The molecule has 0 radical (unpaired) electrons. The molecule has 1 saturated heterocycles. The first kappa shape index (κ1) is 14.5. The predicted molar refractivity (Wildman–Crippen MR) is 89.9 cm³/mol. The van der Waals surface area contributed by atoms with Crippen molar-refractivity contribution in [1.29, 1.82) is 0 Å². The van der Waals surface area contributed by atoms with Gasteiger partial charge in [0.25, 0.3) is 0 Å². The molecule has 5 heteroatoms. The molecule has 1 aliphatic heterocycles. The topological polar surface area (TPSA) is 50.3 Å². The fourth-order valence-corrected chi connectivity index (χ4v) is 3.36. The number of piperazine rings is 1. The number of pyridine rings is 2. The smallest absolute Gasteiger partial charge is 0.141 e. The quantitative estimate of drug-likeness (QED) is 0.943. The van der Waals surface area contributed by atoms with Gasteiger partial charge in [0.05, 0.1) is 11.9 Å². The first-order chi connectivity index (χ1) is 11.4. The van der Waals surface area contributed by atoms with Crippen LogP contribution in [0, 0.1) is 0 Å². The van der Waals surface area contributed by atoms with Crippen LogP contribution in [-0.4, -0.2) is 36.1 Å². The van der Waals surface area contributed by atoms with E-state index in [2.05, 4.69) is 27.3 Å². The van der Waals surface area contributed by atoms with Gasteiger partial charge >= 0.3 is 0 Å². The highest BCUT2D eigenvalue weighted by molar-refractivity contribution is 5.44. The Morgan fingerprint density at radius 2 is 2.09 bits per heavy atom. The van der Waals surface area contributed by atoms with E-state index in [1.807, 2.05) is 12.1 Å². The highest BCUT2D eigenvalue weighted by Gasteiger charge is 2.25. The minimum atomic E-state index is 0.0332. The molecule has 2 aliphatic rings. The van der Waals surface area contributed by atoms with Crippen molar-refractivity contribution in [1.82, 2.24) is 15.3 Å². The van der Waals surface area contributed by atoms with Crippen LogP contribution < -0.4 is 15.0 Å². The molecule has 2 aromatic rings. The van der Waals surface area contributed by atoms with Crippen molar-refractivity contribution in [2.75, 3.05) is 31.1 Å². The standard InChI is InChI=1S/C18H22N4O/c1-3-14-6-7-17(22-11-9-19-10-12-22)21-18(14)16(5-1)23-15-4-2-8-20-13-15/h2,4,6-8,13,16,19H,1,3,5,9-12H2/t16-/m1/s1. The van der Waals surface area contributed by atoms with Gasteiger partial charge in [-0.25, -0.2) is 4.98 Å². The lowest BCUT2D eigenvalue weighted by molar-refractivity contribution is 0.177. The summed E-state index contributed by atoms with van der Waals surface area (Å²) in [6.07, 6.45) is 6.83. The summed E-state index contributed by atoms with van der Waals surface area (Å²) in [5.41, 5.74) is 2.43. The van der Waals surface area contributed by atoms with Gasteiger partial charge in [-0.05, 0) is 43.0 Å². The van der Waals surface area contributed by atoms with Crippen molar-refractivity contribution in [2.24, 2.45) is 0 Å². The van der Waals surface area contributed by atoms with E-state index in [4.69, 9.17) is 9.72 Å². The van der Waals surface area contributed by atoms with Crippen LogP contribution in [0.25, 0.3) is 0 Å². The highest BCUT2D eigenvalue weighted by Crippen LogP contribution is 2.33. The summed E-state index contributed by atoms with van der Waals surface area (Å²) < 4.78 is 6.17. The van der Waals surface area contributed by atoms with Crippen LogP contribution in [0.1, 0.15) is 30.2 Å². The summed E-state index contributed by atoms with van der Waals surface area (Å²) in [6.45, 7) is 4.07. The van der Waals surface area contributed by atoms with Crippen LogP contribution in [0.2, 0.25) is 0 Å². The van der Waals surface area contributed by atoms with E-state index < -0.39 is 0 Å². The summed E-state index contributed by atoms with van der Waals surface area (Å²) in [4.78, 5) is 11.5. The van der Waals surface area contributed by atoms with Crippen LogP contribution in [-0.2, 0) is 6.42 Å². The van der Waals surface area contributed by atoms with Gasteiger partial charge in [-0.1, -0.05) is 6.07 Å². The van der Waals surface area contributed by atoms with E-state index >= 15 is 0 Å². The minimum absolute atomic E-state index is 0.0332. The number of hydrogen-bond acceptors (Lipinski definition) is 5. The largest absolute Gasteiger partial charge is 0.483 e. The van der Waals surface area contributed by atoms with Gasteiger partial charge in [-0.2, -0.15) is 0 Å². The van der Waals surface area contributed by atoms with Crippen molar-refractivity contribution in [3.8, 4) is 5.75 Å². The summed E-state index contributed by atoms with van der Waals surface area (Å²) in [7, 11) is 0. The highest BCUT2D eigenvalue weighted by atomic mass is 16.5. The van der Waals surface area contributed by atoms with Crippen molar-refractivity contribution in [2.45, 2.75) is 25.4 Å². The number of rotatable bonds is 3. The molecule has 0 saturated carbocycles. The third kappa shape index (κ3) is 3.15. The Balaban J connectivity index is 1.60. The molecule has 1 N–H and O–H groups in total. The lowest BCUT2D eigenvalue weighted by Gasteiger charge is -2.31. The maximum Gasteiger partial charge on any atom is 0.141 e. The van der Waals surface area contributed by atoms with Crippen molar-refractivity contribution >= 4 is 5.82 Å². The van der Waals surface area contributed by atoms with Gasteiger partial charge in [0, 0.05) is 32.4 Å². The number of hydrogen-bond donors (Lipinski definition) is 1. The second kappa shape index (κ2) is 6.54.